The lowest BCUT2D eigenvalue weighted by atomic mass is 9.90. The number of morpholine rings is 1. The molecule has 2 atom stereocenters. The third-order valence-corrected chi connectivity index (χ3v) is 4.92. The summed E-state index contributed by atoms with van der Waals surface area (Å²) in [5.41, 5.74) is 3.46. The zero-order chi connectivity index (χ0) is 15.1. The van der Waals surface area contributed by atoms with E-state index in [1.165, 1.54) is 24.0 Å². The van der Waals surface area contributed by atoms with Gasteiger partial charge in [-0.3, -0.25) is 9.59 Å². The fraction of sp³-hybridized carbons (Fsp3) is 0.529. The van der Waals surface area contributed by atoms with Gasteiger partial charge in [-0.2, -0.15) is 0 Å². The van der Waals surface area contributed by atoms with Crippen molar-refractivity contribution in [3.63, 3.8) is 0 Å². The first-order valence-electron chi connectivity index (χ1n) is 8.03. The summed E-state index contributed by atoms with van der Waals surface area (Å²) in [5.74, 6) is -0.0510. The second-order valence-electron chi connectivity index (χ2n) is 6.42. The number of hydrogen-bond donors (Lipinski definition) is 1. The molecule has 0 radical (unpaired) electrons. The van der Waals surface area contributed by atoms with Gasteiger partial charge in [-0.05, 0) is 48.9 Å². The van der Waals surface area contributed by atoms with Crippen molar-refractivity contribution in [2.45, 2.75) is 37.8 Å². The maximum atomic E-state index is 12.7. The number of ether oxygens (including phenoxy) is 1. The highest BCUT2D eigenvalue weighted by molar-refractivity contribution is 5.95. The summed E-state index contributed by atoms with van der Waals surface area (Å²) in [7, 11) is 0. The Morgan fingerprint density at radius 1 is 1.18 bits per heavy atom. The minimum Gasteiger partial charge on any atom is -0.364 e. The van der Waals surface area contributed by atoms with Gasteiger partial charge < -0.3 is 15.0 Å². The Hall–Kier alpha value is -1.88. The summed E-state index contributed by atoms with van der Waals surface area (Å²) >= 11 is 0. The predicted octanol–water partition coefficient (Wildman–Crippen LogP) is 0.905. The van der Waals surface area contributed by atoms with Crippen LogP contribution in [-0.2, 0) is 22.4 Å². The molecule has 0 saturated carbocycles. The Labute approximate surface area is 129 Å². The van der Waals surface area contributed by atoms with E-state index in [1.807, 2.05) is 6.07 Å². The molecule has 2 amide bonds. The number of carbonyl (C=O) groups is 2. The molecule has 2 heterocycles. The van der Waals surface area contributed by atoms with Crippen LogP contribution in [0.15, 0.2) is 18.2 Å². The van der Waals surface area contributed by atoms with E-state index < -0.39 is 0 Å². The zero-order valence-electron chi connectivity index (χ0n) is 12.5. The van der Waals surface area contributed by atoms with Gasteiger partial charge in [0.2, 0.25) is 5.91 Å². The molecule has 2 fully saturated rings. The Kier molecular flexibility index (Phi) is 3.37. The highest BCUT2D eigenvalue weighted by Crippen LogP contribution is 2.24. The van der Waals surface area contributed by atoms with Crippen molar-refractivity contribution in [2.75, 3.05) is 19.7 Å². The van der Waals surface area contributed by atoms with E-state index in [2.05, 4.69) is 17.4 Å². The molecule has 1 aromatic rings. The second-order valence-corrected chi connectivity index (χ2v) is 6.42. The quantitative estimate of drug-likeness (QED) is 0.838. The molecule has 1 aromatic carbocycles. The predicted molar refractivity (Wildman–Crippen MR) is 80.7 cm³/mol. The van der Waals surface area contributed by atoms with Gasteiger partial charge in [0.15, 0.2) is 0 Å². The van der Waals surface area contributed by atoms with Crippen LogP contribution in [0, 0.1) is 0 Å². The van der Waals surface area contributed by atoms with Crippen LogP contribution in [0.3, 0.4) is 0 Å². The lowest BCUT2D eigenvalue weighted by Crippen LogP contribution is -2.50. The monoisotopic (exact) mass is 300 g/mol. The number of amides is 2. The van der Waals surface area contributed by atoms with Gasteiger partial charge in [0, 0.05) is 18.7 Å². The van der Waals surface area contributed by atoms with E-state index in [1.54, 1.807) is 4.90 Å². The molecular formula is C17H20N2O3. The number of rotatable bonds is 1. The summed E-state index contributed by atoms with van der Waals surface area (Å²) < 4.78 is 5.52. The van der Waals surface area contributed by atoms with Crippen LogP contribution in [0.4, 0.5) is 0 Å². The Bertz CT molecular complexity index is 628. The van der Waals surface area contributed by atoms with E-state index >= 15 is 0 Å². The smallest absolute Gasteiger partial charge is 0.254 e. The molecule has 5 nitrogen and oxygen atoms in total. The second kappa shape index (κ2) is 5.39. The van der Waals surface area contributed by atoms with Crippen LogP contribution in [0.25, 0.3) is 0 Å². The molecule has 2 saturated heterocycles. The topological polar surface area (TPSA) is 58.6 Å². The van der Waals surface area contributed by atoms with Crippen molar-refractivity contribution in [1.82, 2.24) is 10.2 Å². The fourth-order valence-electron chi connectivity index (χ4n) is 3.73. The van der Waals surface area contributed by atoms with Crippen LogP contribution >= 0.6 is 0 Å². The summed E-state index contributed by atoms with van der Waals surface area (Å²) in [4.78, 5) is 25.9. The van der Waals surface area contributed by atoms with Gasteiger partial charge in [-0.25, -0.2) is 0 Å². The summed E-state index contributed by atoms with van der Waals surface area (Å²) in [5, 5.41) is 2.91. The van der Waals surface area contributed by atoms with Crippen LogP contribution in [0.2, 0.25) is 0 Å². The van der Waals surface area contributed by atoms with E-state index in [9.17, 15) is 9.59 Å². The van der Waals surface area contributed by atoms with Crippen LogP contribution in [0.5, 0.6) is 0 Å². The first-order valence-corrected chi connectivity index (χ1v) is 8.03. The molecule has 2 aliphatic heterocycles. The Balaban J connectivity index is 1.51. The maximum absolute atomic E-state index is 12.7. The molecule has 116 valence electrons. The highest BCUT2D eigenvalue weighted by Gasteiger charge is 2.40. The van der Waals surface area contributed by atoms with Crippen molar-refractivity contribution in [3.8, 4) is 0 Å². The number of hydrogen-bond acceptors (Lipinski definition) is 3. The average molecular weight is 300 g/mol. The number of nitrogens with one attached hydrogen (secondary N) is 1. The number of nitrogens with zero attached hydrogens (tertiary/aromatic N) is 1. The maximum Gasteiger partial charge on any atom is 0.254 e. The molecule has 0 spiro atoms. The summed E-state index contributed by atoms with van der Waals surface area (Å²) in [6.07, 6.45) is 4.57. The molecule has 0 aromatic heterocycles. The van der Waals surface area contributed by atoms with E-state index in [0.717, 1.165) is 18.4 Å². The van der Waals surface area contributed by atoms with Crippen LogP contribution in [-0.4, -0.2) is 48.6 Å². The lowest BCUT2D eigenvalue weighted by molar-refractivity contribution is -0.134. The van der Waals surface area contributed by atoms with Crippen molar-refractivity contribution < 1.29 is 14.3 Å². The molecule has 0 bridgehead atoms. The number of likely N-dealkylation sites (tertiary alicyclic amines) is 1. The molecule has 22 heavy (non-hydrogen) atoms. The van der Waals surface area contributed by atoms with Gasteiger partial charge in [0.05, 0.1) is 12.1 Å². The number of aryl methyl sites for hydroxylation is 2. The number of carbonyl (C=O) groups excluding carboxylic acids is 2. The first kappa shape index (κ1) is 13.8. The molecule has 1 aliphatic carbocycles. The van der Waals surface area contributed by atoms with Crippen LogP contribution < -0.4 is 5.32 Å². The van der Waals surface area contributed by atoms with Gasteiger partial charge in [0.1, 0.15) is 6.61 Å². The molecule has 0 unspecified atom stereocenters. The summed E-state index contributed by atoms with van der Waals surface area (Å²) in [6.45, 7) is 1.19. The number of fused-ring (bicyclic) bond motifs is 2. The largest absolute Gasteiger partial charge is 0.364 e. The third-order valence-electron chi connectivity index (χ3n) is 4.92. The standard InChI is InChI=1S/C17H20N2O3/c20-16-10-22-15-9-19(8-14(15)18-16)17(21)13-6-5-11-3-1-2-4-12(11)7-13/h5-7,14-15H,1-4,8-10H2,(H,18,20)/t14-,15-/m0/s1. The average Bonchev–Trinajstić information content (AvgIpc) is 2.96. The summed E-state index contributed by atoms with van der Waals surface area (Å²) in [6, 6.07) is 6.03. The zero-order valence-corrected chi connectivity index (χ0v) is 12.5. The molecular weight excluding hydrogens is 280 g/mol. The molecule has 1 N–H and O–H groups in total. The lowest BCUT2D eigenvalue weighted by Gasteiger charge is -2.24. The minimum atomic E-state index is -0.0932. The van der Waals surface area contributed by atoms with Gasteiger partial charge in [0.25, 0.3) is 5.91 Å². The normalized spacial score (nSPS) is 27.1. The van der Waals surface area contributed by atoms with Gasteiger partial charge in [-0.1, -0.05) is 6.07 Å². The molecule has 3 aliphatic rings. The molecule has 5 heteroatoms. The fourth-order valence-corrected chi connectivity index (χ4v) is 3.73. The Morgan fingerprint density at radius 2 is 2.00 bits per heavy atom. The van der Waals surface area contributed by atoms with Crippen molar-refractivity contribution in [2.24, 2.45) is 0 Å². The van der Waals surface area contributed by atoms with E-state index in [0.29, 0.717) is 13.1 Å². The van der Waals surface area contributed by atoms with Crippen molar-refractivity contribution in [1.29, 1.82) is 0 Å². The van der Waals surface area contributed by atoms with Gasteiger partial charge >= 0.3 is 0 Å². The number of benzene rings is 1. The highest BCUT2D eigenvalue weighted by atomic mass is 16.5. The van der Waals surface area contributed by atoms with Crippen LogP contribution in [0.1, 0.15) is 34.3 Å². The van der Waals surface area contributed by atoms with E-state index in [4.69, 9.17) is 4.74 Å². The van der Waals surface area contributed by atoms with Crippen molar-refractivity contribution >= 4 is 11.8 Å². The minimum absolute atomic E-state index is 0.0422. The molecule has 4 rings (SSSR count). The van der Waals surface area contributed by atoms with Crippen molar-refractivity contribution in [3.05, 3.63) is 34.9 Å². The first-order chi connectivity index (χ1) is 10.7. The SMILES string of the molecule is O=C1CO[C@H]2CN(C(=O)c3ccc4c(c3)CCCC4)C[C@@H]2N1. The third kappa shape index (κ3) is 2.39. The Morgan fingerprint density at radius 3 is 2.86 bits per heavy atom. The van der Waals surface area contributed by atoms with Gasteiger partial charge in [-0.15, -0.1) is 0 Å². The van der Waals surface area contributed by atoms with E-state index in [-0.39, 0.29) is 30.6 Å².